The van der Waals surface area contributed by atoms with E-state index in [1.165, 1.54) is 0 Å². The summed E-state index contributed by atoms with van der Waals surface area (Å²) in [4.78, 5) is 22.4. The maximum Gasteiger partial charge on any atom is 0.371 e. The fourth-order valence-corrected chi connectivity index (χ4v) is 1.82. The smallest absolute Gasteiger partial charge is 0.371 e. The number of carbonyl (C=O) groups excluding carboxylic acids is 1. The number of carbonyl (C=O) groups is 2. The van der Waals surface area contributed by atoms with Gasteiger partial charge in [0.1, 0.15) is 0 Å². The molecule has 0 amide bonds. The van der Waals surface area contributed by atoms with Crippen molar-refractivity contribution in [3.8, 4) is 0 Å². The van der Waals surface area contributed by atoms with E-state index in [0.29, 0.717) is 18.3 Å². The second-order valence-corrected chi connectivity index (χ2v) is 4.21. The molecule has 1 aromatic heterocycles. The van der Waals surface area contributed by atoms with Crippen LogP contribution in [0.5, 0.6) is 0 Å². The number of aliphatic hydroxyl groups excluding tert-OH is 1. The summed E-state index contributed by atoms with van der Waals surface area (Å²) in [7, 11) is 0. The predicted molar refractivity (Wildman–Crippen MR) is 72.7 cm³/mol. The molecule has 0 radical (unpaired) electrons. The van der Waals surface area contributed by atoms with Gasteiger partial charge in [0.05, 0.1) is 5.69 Å². The molecule has 5 heteroatoms. The summed E-state index contributed by atoms with van der Waals surface area (Å²) < 4.78 is 1.70. The molecule has 1 heterocycles. The van der Waals surface area contributed by atoms with Gasteiger partial charge in [-0.05, 0) is 17.7 Å². The monoisotopic (exact) mass is 271 g/mol. The maximum atomic E-state index is 11.9. The van der Waals surface area contributed by atoms with E-state index in [4.69, 9.17) is 10.2 Å². The van der Waals surface area contributed by atoms with E-state index < -0.39 is 17.5 Å². The Morgan fingerprint density at radius 3 is 2.40 bits per heavy atom. The van der Waals surface area contributed by atoms with Crippen molar-refractivity contribution in [2.45, 2.75) is 6.54 Å². The Bertz CT molecular complexity index is 656. The lowest BCUT2D eigenvalue weighted by Gasteiger charge is -2.07. The summed E-state index contributed by atoms with van der Waals surface area (Å²) in [5.41, 5.74) is 1.34. The van der Waals surface area contributed by atoms with Crippen LogP contribution in [0.3, 0.4) is 0 Å². The topological polar surface area (TPSA) is 79.5 Å². The van der Waals surface area contributed by atoms with Crippen LogP contribution in [-0.2, 0) is 11.3 Å². The number of carboxylic acid groups (broad SMARTS) is 1. The van der Waals surface area contributed by atoms with Gasteiger partial charge < -0.3 is 14.8 Å². The van der Waals surface area contributed by atoms with Crippen LogP contribution in [0, 0.1) is 0 Å². The molecule has 20 heavy (non-hydrogen) atoms. The lowest BCUT2D eigenvalue weighted by atomic mass is 10.2. The minimum absolute atomic E-state index is 0.321. The van der Waals surface area contributed by atoms with E-state index in [1.807, 2.05) is 30.3 Å². The fraction of sp³-hybridized carbons (Fsp3) is 0.0667. The average Bonchev–Trinajstić information content (AvgIpc) is 2.88. The molecule has 0 atom stereocenters. The first-order valence-corrected chi connectivity index (χ1v) is 5.95. The quantitative estimate of drug-likeness (QED) is 0.496. The Hall–Kier alpha value is -2.82. The highest BCUT2D eigenvalue weighted by Crippen LogP contribution is 2.10. The second-order valence-electron chi connectivity index (χ2n) is 4.21. The molecule has 0 unspecified atom stereocenters. The standard InChI is InChI=1S/C15H13NO4/c17-13(9-14(18)15(19)20)12-7-4-8-16(12)10-11-5-2-1-3-6-11/h1-9,18H,10H2,(H,19,20)/b14-9-. The molecule has 0 fully saturated rings. The molecule has 0 aliphatic rings. The van der Waals surface area contributed by atoms with Gasteiger partial charge in [0.2, 0.25) is 11.5 Å². The summed E-state index contributed by atoms with van der Waals surface area (Å²) >= 11 is 0. The van der Waals surface area contributed by atoms with Crippen molar-refractivity contribution in [3.63, 3.8) is 0 Å². The molecule has 0 aliphatic heterocycles. The van der Waals surface area contributed by atoms with E-state index >= 15 is 0 Å². The van der Waals surface area contributed by atoms with Crippen molar-refractivity contribution in [1.29, 1.82) is 0 Å². The van der Waals surface area contributed by atoms with Gasteiger partial charge in [0.15, 0.2) is 0 Å². The number of aliphatic carboxylic acids is 1. The zero-order valence-corrected chi connectivity index (χ0v) is 10.6. The van der Waals surface area contributed by atoms with Crippen molar-refractivity contribution in [1.82, 2.24) is 4.57 Å². The Balaban J connectivity index is 2.23. The predicted octanol–water partition coefficient (Wildman–Crippen LogP) is 2.25. The van der Waals surface area contributed by atoms with E-state index in [0.717, 1.165) is 5.56 Å². The second kappa shape index (κ2) is 5.88. The number of aliphatic hydroxyl groups is 1. The van der Waals surface area contributed by atoms with Crippen molar-refractivity contribution in [2.24, 2.45) is 0 Å². The van der Waals surface area contributed by atoms with Crippen LogP contribution in [0.4, 0.5) is 0 Å². The zero-order chi connectivity index (χ0) is 14.5. The average molecular weight is 271 g/mol. The van der Waals surface area contributed by atoms with Crippen LogP contribution >= 0.6 is 0 Å². The van der Waals surface area contributed by atoms with Crippen molar-refractivity contribution in [3.05, 3.63) is 71.8 Å². The first kappa shape index (κ1) is 13.6. The molecular formula is C15H13NO4. The summed E-state index contributed by atoms with van der Waals surface area (Å²) in [5, 5.41) is 17.7. The van der Waals surface area contributed by atoms with Gasteiger partial charge in [0.25, 0.3) is 0 Å². The van der Waals surface area contributed by atoms with E-state index in [-0.39, 0.29) is 0 Å². The SMILES string of the molecule is O=C(O)/C(O)=C/C(=O)c1cccn1Cc1ccccc1. The number of nitrogens with zero attached hydrogens (tertiary/aromatic N) is 1. The normalized spacial score (nSPS) is 11.3. The lowest BCUT2D eigenvalue weighted by Crippen LogP contribution is -2.10. The van der Waals surface area contributed by atoms with Crippen LogP contribution in [0.1, 0.15) is 16.1 Å². The van der Waals surface area contributed by atoms with E-state index in [9.17, 15) is 9.59 Å². The third kappa shape index (κ3) is 3.14. The Labute approximate surface area is 115 Å². The molecule has 1 aromatic carbocycles. The number of ketones is 1. The molecule has 0 aliphatic carbocycles. The number of hydrogen-bond acceptors (Lipinski definition) is 3. The molecule has 2 N–H and O–H groups in total. The molecule has 0 bridgehead atoms. The van der Waals surface area contributed by atoms with Crippen molar-refractivity contribution in [2.75, 3.05) is 0 Å². The number of rotatable bonds is 5. The summed E-state index contributed by atoms with van der Waals surface area (Å²) in [5.74, 6) is -3.05. The molecule has 2 aromatic rings. The highest BCUT2D eigenvalue weighted by molar-refractivity contribution is 6.06. The number of carboxylic acids is 1. The van der Waals surface area contributed by atoms with Crippen LogP contribution in [0.25, 0.3) is 0 Å². The van der Waals surface area contributed by atoms with Crippen LogP contribution in [0.2, 0.25) is 0 Å². The van der Waals surface area contributed by atoms with E-state index in [2.05, 4.69) is 0 Å². The summed E-state index contributed by atoms with van der Waals surface area (Å²) in [6.45, 7) is 0.497. The minimum atomic E-state index is -1.53. The van der Waals surface area contributed by atoms with Crippen LogP contribution in [-0.4, -0.2) is 26.5 Å². The van der Waals surface area contributed by atoms with E-state index in [1.54, 1.807) is 22.9 Å². The Morgan fingerprint density at radius 1 is 1.05 bits per heavy atom. The summed E-state index contributed by atoms with van der Waals surface area (Å²) in [6, 6.07) is 12.8. The molecular weight excluding hydrogens is 258 g/mol. The molecule has 0 saturated carbocycles. The van der Waals surface area contributed by atoms with Gasteiger partial charge in [0, 0.05) is 18.8 Å². The highest BCUT2D eigenvalue weighted by Gasteiger charge is 2.12. The number of hydrogen-bond donors (Lipinski definition) is 2. The van der Waals surface area contributed by atoms with Gasteiger partial charge in [-0.25, -0.2) is 4.79 Å². The van der Waals surface area contributed by atoms with Gasteiger partial charge in [-0.15, -0.1) is 0 Å². The van der Waals surface area contributed by atoms with Crippen molar-refractivity contribution >= 4 is 11.8 Å². The summed E-state index contributed by atoms with van der Waals surface area (Å²) in [6.07, 6.45) is 2.44. The first-order chi connectivity index (χ1) is 9.58. The fourth-order valence-electron chi connectivity index (χ4n) is 1.82. The van der Waals surface area contributed by atoms with Gasteiger partial charge >= 0.3 is 5.97 Å². The van der Waals surface area contributed by atoms with Crippen molar-refractivity contribution < 1.29 is 19.8 Å². The lowest BCUT2D eigenvalue weighted by molar-refractivity contribution is -0.135. The van der Waals surface area contributed by atoms with Gasteiger partial charge in [-0.3, -0.25) is 4.79 Å². The van der Waals surface area contributed by atoms with Crippen LogP contribution < -0.4 is 0 Å². The first-order valence-electron chi connectivity index (χ1n) is 5.95. The third-order valence-corrected chi connectivity index (χ3v) is 2.76. The Morgan fingerprint density at radius 2 is 1.75 bits per heavy atom. The molecule has 2 rings (SSSR count). The Kier molecular flexibility index (Phi) is 4.00. The van der Waals surface area contributed by atoms with Gasteiger partial charge in [-0.2, -0.15) is 0 Å². The number of benzene rings is 1. The maximum absolute atomic E-state index is 11.9. The minimum Gasteiger partial charge on any atom is -0.502 e. The number of allylic oxidation sites excluding steroid dienone is 1. The largest absolute Gasteiger partial charge is 0.502 e. The molecule has 102 valence electrons. The molecule has 0 saturated heterocycles. The molecule has 0 spiro atoms. The molecule has 5 nitrogen and oxygen atoms in total. The number of aromatic nitrogens is 1. The third-order valence-electron chi connectivity index (χ3n) is 2.76. The van der Waals surface area contributed by atoms with Gasteiger partial charge in [-0.1, -0.05) is 30.3 Å². The zero-order valence-electron chi connectivity index (χ0n) is 10.6. The van der Waals surface area contributed by atoms with Crippen LogP contribution in [0.15, 0.2) is 60.5 Å². The highest BCUT2D eigenvalue weighted by atomic mass is 16.4.